The first-order valence-electron chi connectivity index (χ1n) is 6.42. The van der Waals surface area contributed by atoms with E-state index in [2.05, 4.69) is 28.6 Å². The predicted octanol–water partition coefficient (Wildman–Crippen LogP) is 2.60. The molecule has 0 aliphatic heterocycles. The van der Waals surface area contributed by atoms with Crippen LogP contribution in [0.5, 0.6) is 0 Å². The lowest BCUT2D eigenvalue weighted by Crippen LogP contribution is -1.95. The fraction of sp³-hybridized carbons (Fsp3) is 0.176. The first kappa shape index (κ1) is 14.0. The molecule has 0 aliphatic rings. The average Bonchev–Trinajstić information content (AvgIpc) is 2.47. The van der Waals surface area contributed by atoms with Crippen LogP contribution in [0.1, 0.15) is 18.1 Å². The maximum atomic E-state index is 9.30. The third-order valence-electron chi connectivity index (χ3n) is 2.73. The molecule has 100 valence electrons. The summed E-state index contributed by atoms with van der Waals surface area (Å²) in [5.74, 6) is 5.75. The summed E-state index contributed by atoms with van der Waals surface area (Å²) in [6.45, 7) is 5.39. The molecule has 2 rings (SSSR count). The molecule has 1 unspecified atom stereocenters. The van der Waals surface area contributed by atoms with E-state index >= 15 is 0 Å². The quantitative estimate of drug-likeness (QED) is 0.684. The molecule has 0 fully saturated rings. The van der Waals surface area contributed by atoms with E-state index in [4.69, 9.17) is 0 Å². The first-order valence-corrected chi connectivity index (χ1v) is 6.42. The maximum absolute atomic E-state index is 9.30. The number of hydrogen-bond donors (Lipinski definition) is 1. The van der Waals surface area contributed by atoms with Crippen LogP contribution in [0.4, 0.5) is 0 Å². The van der Waals surface area contributed by atoms with Gasteiger partial charge in [-0.15, -0.1) is 6.58 Å². The van der Waals surface area contributed by atoms with E-state index < -0.39 is 6.10 Å². The highest BCUT2D eigenvalue weighted by Crippen LogP contribution is 2.22. The summed E-state index contributed by atoms with van der Waals surface area (Å²) in [7, 11) is 0. The topological polar surface area (TPSA) is 46.0 Å². The second-order valence-electron chi connectivity index (χ2n) is 4.43. The number of rotatable bonds is 3. The molecule has 0 radical (unpaired) electrons. The van der Waals surface area contributed by atoms with Gasteiger partial charge >= 0.3 is 0 Å². The van der Waals surface area contributed by atoms with Gasteiger partial charge < -0.3 is 5.11 Å². The zero-order valence-corrected chi connectivity index (χ0v) is 11.4. The Hall–Kier alpha value is -2.44. The minimum Gasteiger partial charge on any atom is -0.381 e. The summed E-state index contributed by atoms with van der Waals surface area (Å²) in [4.78, 5) is 0. The number of nitrogens with zero attached hydrogens (tertiary/aromatic N) is 2. The molecule has 1 atom stereocenters. The molecule has 1 aromatic carbocycles. The minimum atomic E-state index is -0.655. The normalized spacial score (nSPS) is 11.3. The van der Waals surface area contributed by atoms with Crippen LogP contribution in [-0.4, -0.2) is 21.4 Å². The maximum Gasteiger partial charge on any atom is 0.112 e. The molecule has 0 saturated carbocycles. The molecule has 3 nitrogen and oxygen atoms in total. The Bertz CT molecular complexity index is 652. The number of allylic oxidation sites excluding steroid dienone is 1. The van der Waals surface area contributed by atoms with Crippen molar-refractivity contribution in [3.8, 4) is 23.1 Å². The molecule has 0 amide bonds. The van der Waals surface area contributed by atoms with Gasteiger partial charge in [0, 0.05) is 17.3 Å². The fourth-order valence-corrected chi connectivity index (χ4v) is 1.83. The Morgan fingerprint density at radius 3 is 2.90 bits per heavy atom. The average molecular weight is 264 g/mol. The second kappa shape index (κ2) is 6.65. The Morgan fingerprint density at radius 2 is 2.25 bits per heavy atom. The van der Waals surface area contributed by atoms with E-state index in [0.29, 0.717) is 0 Å². The molecule has 0 bridgehead atoms. The summed E-state index contributed by atoms with van der Waals surface area (Å²) >= 11 is 0. The summed E-state index contributed by atoms with van der Waals surface area (Å²) in [5.41, 5.74) is 3.67. The van der Waals surface area contributed by atoms with Gasteiger partial charge in [-0.1, -0.05) is 24.0 Å². The Kier molecular flexibility index (Phi) is 4.65. The first-order chi connectivity index (χ1) is 9.70. The second-order valence-corrected chi connectivity index (χ2v) is 4.43. The van der Waals surface area contributed by atoms with E-state index in [1.807, 2.05) is 36.4 Å². The van der Waals surface area contributed by atoms with Crippen molar-refractivity contribution in [1.29, 1.82) is 0 Å². The highest BCUT2D eigenvalue weighted by molar-refractivity contribution is 5.68. The Morgan fingerprint density at radius 1 is 1.40 bits per heavy atom. The lowest BCUT2D eigenvalue weighted by atomic mass is 9.99. The molecule has 1 aromatic heterocycles. The monoisotopic (exact) mass is 264 g/mol. The van der Waals surface area contributed by atoms with Crippen molar-refractivity contribution in [1.82, 2.24) is 10.2 Å². The largest absolute Gasteiger partial charge is 0.381 e. The van der Waals surface area contributed by atoms with Gasteiger partial charge in [-0.2, -0.15) is 10.2 Å². The van der Waals surface area contributed by atoms with Crippen molar-refractivity contribution < 1.29 is 5.11 Å². The highest BCUT2D eigenvalue weighted by Gasteiger charge is 2.06. The van der Waals surface area contributed by atoms with Crippen molar-refractivity contribution in [3.63, 3.8) is 0 Å². The summed E-state index contributed by atoms with van der Waals surface area (Å²) in [6.07, 6.45) is 3.63. The van der Waals surface area contributed by atoms with Crippen molar-refractivity contribution in [2.24, 2.45) is 0 Å². The summed E-state index contributed by atoms with van der Waals surface area (Å²) in [5, 5.41) is 17.3. The van der Waals surface area contributed by atoms with Crippen LogP contribution < -0.4 is 0 Å². The van der Waals surface area contributed by atoms with Gasteiger partial charge in [-0.05, 0) is 43.2 Å². The molecular formula is C17H16N2O. The Balaban J connectivity index is 2.52. The van der Waals surface area contributed by atoms with Crippen molar-refractivity contribution in [2.75, 3.05) is 0 Å². The molecular weight excluding hydrogens is 248 g/mol. The van der Waals surface area contributed by atoms with Gasteiger partial charge in [0.15, 0.2) is 0 Å². The van der Waals surface area contributed by atoms with Gasteiger partial charge in [0.2, 0.25) is 0 Å². The zero-order chi connectivity index (χ0) is 14.4. The van der Waals surface area contributed by atoms with E-state index in [0.717, 1.165) is 28.8 Å². The molecule has 0 saturated heterocycles. The number of aliphatic hydroxyl groups is 1. The smallest absolute Gasteiger partial charge is 0.112 e. The van der Waals surface area contributed by atoms with Crippen LogP contribution >= 0.6 is 0 Å². The molecule has 2 aromatic rings. The van der Waals surface area contributed by atoms with Crippen LogP contribution in [0.2, 0.25) is 0 Å². The minimum absolute atomic E-state index is 0.655. The predicted molar refractivity (Wildman–Crippen MR) is 79.9 cm³/mol. The van der Waals surface area contributed by atoms with Crippen LogP contribution in [0, 0.1) is 11.8 Å². The van der Waals surface area contributed by atoms with Crippen LogP contribution in [0.3, 0.4) is 0 Å². The highest BCUT2D eigenvalue weighted by atomic mass is 16.3. The number of aromatic nitrogens is 2. The van der Waals surface area contributed by atoms with Gasteiger partial charge in [0.1, 0.15) is 6.10 Å². The SMILES string of the molecule is C=CCc1ccc(C#CC(C)O)c(-c2cccnn2)c1. The van der Waals surface area contributed by atoms with E-state index in [1.165, 1.54) is 0 Å². The van der Waals surface area contributed by atoms with E-state index in [9.17, 15) is 5.11 Å². The lowest BCUT2D eigenvalue weighted by Gasteiger charge is -2.06. The van der Waals surface area contributed by atoms with E-state index in [1.54, 1.807) is 13.1 Å². The summed E-state index contributed by atoms with van der Waals surface area (Å²) < 4.78 is 0. The Labute approximate surface area is 119 Å². The molecule has 0 spiro atoms. The van der Waals surface area contributed by atoms with Gasteiger partial charge in [0.25, 0.3) is 0 Å². The molecule has 3 heteroatoms. The third kappa shape index (κ3) is 3.53. The number of aliphatic hydroxyl groups excluding tert-OH is 1. The van der Waals surface area contributed by atoms with E-state index in [-0.39, 0.29) is 0 Å². The van der Waals surface area contributed by atoms with Crippen LogP contribution in [0.15, 0.2) is 49.2 Å². The molecule has 0 aliphatic carbocycles. The summed E-state index contributed by atoms with van der Waals surface area (Å²) in [6, 6.07) is 9.73. The molecule has 1 heterocycles. The van der Waals surface area contributed by atoms with Crippen LogP contribution in [0.25, 0.3) is 11.3 Å². The molecule has 20 heavy (non-hydrogen) atoms. The van der Waals surface area contributed by atoms with Gasteiger partial charge in [0.05, 0.1) is 5.69 Å². The van der Waals surface area contributed by atoms with Gasteiger partial charge in [-0.3, -0.25) is 0 Å². The lowest BCUT2D eigenvalue weighted by molar-refractivity contribution is 0.253. The third-order valence-corrected chi connectivity index (χ3v) is 2.73. The fourth-order valence-electron chi connectivity index (χ4n) is 1.83. The number of hydrogen-bond acceptors (Lipinski definition) is 3. The zero-order valence-electron chi connectivity index (χ0n) is 11.4. The molecule has 1 N–H and O–H groups in total. The van der Waals surface area contributed by atoms with Crippen molar-refractivity contribution >= 4 is 0 Å². The van der Waals surface area contributed by atoms with Crippen molar-refractivity contribution in [2.45, 2.75) is 19.4 Å². The van der Waals surface area contributed by atoms with Gasteiger partial charge in [-0.25, -0.2) is 0 Å². The standard InChI is InChI=1S/C17H16N2O/c1-3-5-14-8-10-15(9-7-13(2)20)16(12-14)17-6-4-11-18-19-17/h3-4,6,8,10-13,20H,1,5H2,2H3. The van der Waals surface area contributed by atoms with Crippen LogP contribution in [-0.2, 0) is 6.42 Å². The number of benzene rings is 1. The van der Waals surface area contributed by atoms with Crippen molar-refractivity contribution in [3.05, 3.63) is 60.3 Å².